The largest absolute Gasteiger partial charge is 0.468 e. The molecule has 8 nitrogen and oxygen atoms in total. The fourth-order valence-corrected chi connectivity index (χ4v) is 5.69. The molecule has 0 N–H and O–H groups in total. The third-order valence-corrected chi connectivity index (χ3v) is 7.36. The van der Waals surface area contributed by atoms with Gasteiger partial charge in [0.2, 0.25) is 5.91 Å². The summed E-state index contributed by atoms with van der Waals surface area (Å²) in [5.74, 6) is -2.33. The van der Waals surface area contributed by atoms with Crippen LogP contribution in [0.25, 0.3) is 0 Å². The van der Waals surface area contributed by atoms with Crippen molar-refractivity contribution in [1.82, 2.24) is 0 Å². The summed E-state index contributed by atoms with van der Waals surface area (Å²) < 4.78 is 42.1. The predicted molar refractivity (Wildman–Crippen MR) is 116 cm³/mol. The van der Waals surface area contributed by atoms with E-state index >= 15 is 0 Å². The highest BCUT2D eigenvalue weighted by atomic mass is 32.2. The lowest BCUT2D eigenvalue weighted by molar-refractivity contribution is -0.145. The Bertz CT molecular complexity index is 1280. The van der Waals surface area contributed by atoms with Gasteiger partial charge >= 0.3 is 5.97 Å². The monoisotopic (exact) mass is 457 g/mol. The van der Waals surface area contributed by atoms with Crippen LogP contribution in [0.2, 0.25) is 0 Å². The van der Waals surface area contributed by atoms with Gasteiger partial charge in [-0.3, -0.25) is 13.8 Å². The van der Waals surface area contributed by atoms with Crippen molar-refractivity contribution in [2.45, 2.75) is 37.6 Å². The maximum atomic E-state index is 13.4. The van der Waals surface area contributed by atoms with Gasteiger partial charge in [-0.2, -0.15) is 8.42 Å². The number of hydrogen-bond acceptors (Lipinski definition) is 7. The van der Waals surface area contributed by atoms with E-state index in [9.17, 15) is 18.0 Å². The van der Waals surface area contributed by atoms with Crippen molar-refractivity contribution in [2.24, 2.45) is 0 Å². The highest BCUT2D eigenvalue weighted by Gasteiger charge is 2.49. The molecule has 6 bridgehead atoms. The zero-order chi connectivity index (χ0) is 22.1. The number of nitrogens with zero attached hydrogens (tertiary/aromatic N) is 1. The van der Waals surface area contributed by atoms with E-state index in [0.29, 0.717) is 33.9 Å². The Morgan fingerprint density at radius 1 is 1.28 bits per heavy atom. The van der Waals surface area contributed by atoms with Gasteiger partial charge in [0.1, 0.15) is 11.5 Å². The minimum Gasteiger partial charge on any atom is -0.468 e. The van der Waals surface area contributed by atoms with E-state index in [-0.39, 0.29) is 25.5 Å². The number of carbonyl (C=O) groups excluding carboxylic acids is 2. The molecule has 0 aliphatic carbocycles. The molecule has 168 valence electrons. The fraction of sp³-hybridized carbons (Fsp3) is 0.304. The van der Waals surface area contributed by atoms with E-state index < -0.39 is 33.8 Å². The van der Waals surface area contributed by atoms with Gasteiger partial charge in [0, 0.05) is 11.1 Å². The van der Waals surface area contributed by atoms with E-state index in [2.05, 4.69) is 6.58 Å². The van der Waals surface area contributed by atoms with E-state index in [1.165, 1.54) is 18.1 Å². The number of benzene rings is 2. The summed E-state index contributed by atoms with van der Waals surface area (Å²) >= 11 is 0. The molecular weight excluding hydrogens is 434 g/mol. The quantitative estimate of drug-likeness (QED) is 0.368. The standard InChI is InChI=1S/C22H19NO7S.CH4/c1-11-8-14-15-10-29-31(26,27)16-7-5-4-6-13(16)9-23-19(11)17(20(14)30-12(15)2)18(21(23)24)22(25)28-3;/h4-8,15,18H,2,9-10H2,1,3H3;1H4. The summed E-state index contributed by atoms with van der Waals surface area (Å²) in [6.45, 7) is 5.49. The summed E-state index contributed by atoms with van der Waals surface area (Å²) in [4.78, 5) is 27.5. The minimum absolute atomic E-state index is 0. The van der Waals surface area contributed by atoms with Gasteiger partial charge in [-0.1, -0.05) is 32.2 Å². The van der Waals surface area contributed by atoms with Crippen molar-refractivity contribution in [1.29, 1.82) is 0 Å². The normalized spacial score (nSPS) is 22.4. The third kappa shape index (κ3) is 2.96. The molecule has 4 heterocycles. The number of fused-ring (bicyclic) bond motifs is 3. The van der Waals surface area contributed by atoms with Crippen LogP contribution in [0, 0.1) is 6.92 Å². The Labute approximate surface area is 186 Å². The first-order valence-corrected chi connectivity index (χ1v) is 11.1. The van der Waals surface area contributed by atoms with E-state index in [1.54, 1.807) is 18.2 Å². The molecule has 4 aliphatic rings. The smallest absolute Gasteiger partial charge is 0.323 e. The summed E-state index contributed by atoms with van der Waals surface area (Å²) in [5, 5.41) is 0. The molecule has 2 unspecified atom stereocenters. The number of aryl methyl sites for hydroxylation is 1. The SMILES string of the molecule is C.C=C1Oc2c3cc(C)c4c2C(C(=O)OC)C(=O)N4Cc2ccccc2S(=O)(=O)OCC13. The average Bonchev–Trinajstić information content (AvgIpc) is 3.20. The van der Waals surface area contributed by atoms with Crippen molar-refractivity contribution in [3.63, 3.8) is 0 Å². The minimum atomic E-state index is -4.10. The van der Waals surface area contributed by atoms with Gasteiger partial charge in [0.05, 0.1) is 36.8 Å². The molecule has 2 aromatic carbocycles. The van der Waals surface area contributed by atoms with Crippen molar-refractivity contribution in [2.75, 3.05) is 18.6 Å². The molecule has 6 rings (SSSR count). The molecule has 0 radical (unpaired) electrons. The van der Waals surface area contributed by atoms with Crippen LogP contribution >= 0.6 is 0 Å². The van der Waals surface area contributed by atoms with Crippen molar-refractivity contribution >= 4 is 27.7 Å². The first-order valence-electron chi connectivity index (χ1n) is 9.65. The van der Waals surface area contributed by atoms with Crippen LogP contribution in [0.3, 0.4) is 0 Å². The highest BCUT2D eigenvalue weighted by molar-refractivity contribution is 7.86. The van der Waals surface area contributed by atoms with Crippen LogP contribution < -0.4 is 9.64 Å². The first-order chi connectivity index (χ1) is 14.7. The zero-order valence-corrected chi connectivity index (χ0v) is 17.7. The number of rotatable bonds is 1. The van der Waals surface area contributed by atoms with Crippen molar-refractivity contribution < 1.29 is 31.7 Å². The zero-order valence-electron chi connectivity index (χ0n) is 16.9. The van der Waals surface area contributed by atoms with Crippen molar-refractivity contribution in [3.05, 3.63) is 64.9 Å². The molecule has 2 atom stereocenters. The molecule has 4 aliphatic heterocycles. The molecule has 0 aromatic heterocycles. The Morgan fingerprint density at radius 2 is 2.00 bits per heavy atom. The van der Waals surface area contributed by atoms with Crippen LogP contribution in [-0.4, -0.2) is 34.0 Å². The third-order valence-electron chi connectivity index (χ3n) is 5.97. The average molecular weight is 458 g/mol. The first kappa shape index (κ1) is 22.0. The van der Waals surface area contributed by atoms with Crippen LogP contribution in [0.4, 0.5) is 5.69 Å². The second kappa shape index (κ2) is 7.46. The second-order valence-electron chi connectivity index (χ2n) is 7.72. The van der Waals surface area contributed by atoms with Gasteiger partial charge in [0.25, 0.3) is 10.1 Å². The van der Waals surface area contributed by atoms with E-state index in [1.807, 2.05) is 13.0 Å². The lowest BCUT2D eigenvalue weighted by atomic mass is 9.91. The van der Waals surface area contributed by atoms with Crippen LogP contribution in [-0.2, 0) is 35.2 Å². The number of esters is 1. The van der Waals surface area contributed by atoms with Crippen molar-refractivity contribution in [3.8, 4) is 5.75 Å². The number of anilines is 1. The molecule has 0 saturated carbocycles. The number of methoxy groups -OCH3 is 1. The highest BCUT2D eigenvalue weighted by Crippen LogP contribution is 2.54. The van der Waals surface area contributed by atoms with Gasteiger partial charge in [0.15, 0.2) is 5.92 Å². The Balaban J connectivity index is 0.00000245. The predicted octanol–water partition coefficient (Wildman–Crippen LogP) is 3.14. The summed E-state index contributed by atoms with van der Waals surface area (Å²) in [7, 11) is -2.88. The van der Waals surface area contributed by atoms with Crippen LogP contribution in [0.5, 0.6) is 5.75 Å². The number of amides is 1. The summed E-state index contributed by atoms with van der Waals surface area (Å²) in [6.07, 6.45) is 0. The van der Waals surface area contributed by atoms with Gasteiger partial charge in [-0.15, -0.1) is 0 Å². The Kier molecular flexibility index (Phi) is 5.14. The summed E-state index contributed by atoms with van der Waals surface area (Å²) in [6, 6.07) is 8.18. The second-order valence-corrected chi connectivity index (χ2v) is 9.31. The summed E-state index contributed by atoms with van der Waals surface area (Å²) in [5.41, 5.74) is 2.73. The van der Waals surface area contributed by atoms with Gasteiger partial charge in [-0.25, -0.2) is 0 Å². The molecule has 1 amide bonds. The Hall–Kier alpha value is -3.17. The molecule has 0 spiro atoms. The van der Waals surface area contributed by atoms with Crippen LogP contribution in [0.1, 0.15) is 41.5 Å². The van der Waals surface area contributed by atoms with Crippen LogP contribution in [0.15, 0.2) is 47.6 Å². The maximum Gasteiger partial charge on any atom is 0.323 e. The molecule has 2 aromatic rings. The van der Waals surface area contributed by atoms with E-state index in [4.69, 9.17) is 13.7 Å². The molecule has 0 fully saturated rings. The lowest BCUT2D eigenvalue weighted by Crippen LogP contribution is -2.32. The van der Waals surface area contributed by atoms with Gasteiger partial charge in [-0.05, 0) is 30.2 Å². The fourth-order valence-electron chi connectivity index (χ4n) is 4.55. The topological polar surface area (TPSA) is 99.2 Å². The maximum absolute atomic E-state index is 13.4. The Morgan fingerprint density at radius 3 is 2.72 bits per heavy atom. The number of ether oxygens (including phenoxy) is 2. The van der Waals surface area contributed by atoms with Gasteiger partial charge < -0.3 is 14.4 Å². The number of carbonyl (C=O) groups is 2. The lowest BCUT2D eigenvalue weighted by Gasteiger charge is -2.23. The molecule has 32 heavy (non-hydrogen) atoms. The molecular formula is C23H23NO7S. The molecule has 0 saturated heterocycles. The molecule has 9 heteroatoms. The number of hydrogen-bond donors (Lipinski definition) is 0. The van der Waals surface area contributed by atoms with E-state index in [0.717, 1.165) is 5.56 Å².